The zero-order valence-corrected chi connectivity index (χ0v) is 25.6. The van der Waals surface area contributed by atoms with Gasteiger partial charge in [-0.2, -0.15) is 0 Å². The van der Waals surface area contributed by atoms with Crippen molar-refractivity contribution in [2.24, 2.45) is 0 Å². The fraction of sp³-hybridized carbons (Fsp3) is 0.364. The van der Waals surface area contributed by atoms with Crippen LogP contribution < -0.4 is 15.5 Å². The lowest BCUT2D eigenvalue weighted by molar-refractivity contribution is -0.114. The Morgan fingerprint density at radius 1 is 1.09 bits per heavy atom. The predicted molar refractivity (Wildman–Crippen MR) is 171 cm³/mol. The number of rotatable bonds is 9. The number of allylic oxidation sites excluding steroid dienone is 3. The van der Waals surface area contributed by atoms with Crippen LogP contribution in [-0.4, -0.2) is 67.4 Å². The molecule has 1 aromatic carbocycles. The molecule has 8 nitrogen and oxygen atoms in total. The van der Waals surface area contributed by atoms with Gasteiger partial charge in [0.15, 0.2) is 0 Å². The van der Waals surface area contributed by atoms with Crippen LogP contribution in [0, 0.1) is 5.82 Å². The summed E-state index contributed by atoms with van der Waals surface area (Å²) in [6.07, 6.45) is 9.69. The summed E-state index contributed by atoms with van der Waals surface area (Å²) >= 11 is 1.54. The Kier molecular flexibility index (Phi) is 8.32. The molecule has 2 amide bonds. The third-order valence-electron chi connectivity index (χ3n) is 8.63. The quantitative estimate of drug-likeness (QED) is 0.228. The van der Waals surface area contributed by atoms with Gasteiger partial charge in [0.25, 0.3) is 5.91 Å². The number of hydrogen-bond donors (Lipinski definition) is 2. The van der Waals surface area contributed by atoms with Crippen LogP contribution >= 0.6 is 11.3 Å². The second-order valence-electron chi connectivity index (χ2n) is 11.8. The van der Waals surface area contributed by atoms with Crippen molar-refractivity contribution in [1.82, 2.24) is 14.8 Å². The SMILES string of the molecule is C/C(=C\C(=C/N(C)C=O)c1ccc(F)c(NC(=O)c2cc3c(s2)C2CCC3C2)c1)Nc1ccc(N2CCN(C)CC2)cn1. The number of hydrogen-bond acceptors (Lipinski definition) is 7. The number of thiophene rings is 1. The molecule has 2 aromatic heterocycles. The number of nitrogens with one attached hydrogen (secondary N) is 2. The normalized spacial score (nSPS) is 20.2. The van der Waals surface area contributed by atoms with E-state index in [0.29, 0.717) is 40.1 Å². The van der Waals surface area contributed by atoms with Crippen molar-refractivity contribution in [2.45, 2.75) is 38.0 Å². The Balaban J connectivity index is 1.19. The zero-order chi connectivity index (χ0) is 30.1. The third-order valence-corrected chi connectivity index (χ3v) is 9.94. The van der Waals surface area contributed by atoms with E-state index < -0.39 is 5.82 Å². The van der Waals surface area contributed by atoms with Crippen molar-refractivity contribution in [3.05, 3.63) is 87.3 Å². The van der Waals surface area contributed by atoms with Crippen LogP contribution in [0.15, 0.2) is 60.6 Å². The first-order chi connectivity index (χ1) is 20.8. The molecule has 6 rings (SSSR count). The molecule has 10 heteroatoms. The van der Waals surface area contributed by atoms with Crippen LogP contribution in [0.4, 0.5) is 21.6 Å². The Bertz CT molecular complexity index is 1550. The first kappa shape index (κ1) is 29.1. The van der Waals surface area contributed by atoms with Gasteiger partial charge >= 0.3 is 0 Å². The fourth-order valence-electron chi connectivity index (χ4n) is 6.28. The van der Waals surface area contributed by atoms with Gasteiger partial charge in [0, 0.05) is 50.0 Å². The molecule has 0 radical (unpaired) electrons. The van der Waals surface area contributed by atoms with Crippen molar-refractivity contribution in [3.63, 3.8) is 0 Å². The average molecular weight is 601 g/mol. The standard InChI is InChI=1S/C33H37FN6O2S/c1-21(36-31-9-7-26(18-35-31)40-12-10-38(2)11-13-40)14-25(19-39(3)20-41)22-6-8-28(34)29(16-22)37-33(42)30-17-27-23-4-5-24(15-23)32(27)43-30/h6-9,14,16-20,23-24H,4-5,10-13,15H2,1-3H3,(H,35,36)(H,37,42)/b21-14+,25-19+. The zero-order valence-electron chi connectivity index (χ0n) is 24.8. The molecule has 0 spiro atoms. The summed E-state index contributed by atoms with van der Waals surface area (Å²) < 4.78 is 14.9. The molecule has 3 aromatic rings. The average Bonchev–Trinajstić information content (AvgIpc) is 3.74. The van der Waals surface area contributed by atoms with Crippen LogP contribution in [0.3, 0.4) is 0 Å². The number of amides is 2. The van der Waals surface area contributed by atoms with E-state index >= 15 is 0 Å². The summed E-state index contributed by atoms with van der Waals surface area (Å²) in [5.74, 6) is 1.01. The fourth-order valence-corrected chi connectivity index (χ4v) is 7.57. The molecular formula is C33H37FN6O2S. The van der Waals surface area contributed by atoms with E-state index in [1.54, 1.807) is 25.4 Å². The maximum atomic E-state index is 14.9. The molecule has 43 heavy (non-hydrogen) atoms. The van der Waals surface area contributed by atoms with Gasteiger partial charge in [-0.3, -0.25) is 9.59 Å². The number of carbonyl (C=O) groups excluding carboxylic acids is 2. The first-order valence-electron chi connectivity index (χ1n) is 14.8. The molecule has 2 bridgehead atoms. The van der Waals surface area contributed by atoms with E-state index in [0.717, 1.165) is 37.6 Å². The third kappa shape index (κ3) is 6.35. The van der Waals surface area contributed by atoms with Gasteiger partial charge in [-0.1, -0.05) is 6.07 Å². The number of pyridine rings is 1. The second-order valence-corrected chi connectivity index (χ2v) is 12.9. The maximum absolute atomic E-state index is 14.9. The lowest BCUT2D eigenvalue weighted by atomic mass is 9.99. The van der Waals surface area contributed by atoms with E-state index in [2.05, 4.69) is 38.5 Å². The minimum atomic E-state index is -0.521. The van der Waals surface area contributed by atoms with Crippen LogP contribution in [-0.2, 0) is 4.79 Å². The number of carbonyl (C=O) groups is 2. The Hall–Kier alpha value is -4.02. The first-order valence-corrected chi connectivity index (χ1v) is 15.6. The van der Waals surface area contributed by atoms with Gasteiger partial charge in [0.2, 0.25) is 6.41 Å². The highest BCUT2D eigenvalue weighted by atomic mass is 32.1. The van der Waals surface area contributed by atoms with E-state index in [1.165, 1.54) is 52.0 Å². The summed E-state index contributed by atoms with van der Waals surface area (Å²) in [4.78, 5) is 37.2. The van der Waals surface area contributed by atoms with Crippen molar-refractivity contribution < 1.29 is 14.0 Å². The van der Waals surface area contributed by atoms with Gasteiger partial charge in [0.05, 0.1) is 22.4 Å². The minimum absolute atomic E-state index is 0.0962. The van der Waals surface area contributed by atoms with Gasteiger partial charge < -0.3 is 25.3 Å². The molecule has 224 valence electrons. The molecule has 2 unspecified atom stereocenters. The molecule has 1 saturated heterocycles. The highest BCUT2D eigenvalue weighted by Crippen LogP contribution is 2.55. The van der Waals surface area contributed by atoms with Crippen molar-refractivity contribution in [1.29, 1.82) is 0 Å². The second kappa shape index (κ2) is 12.3. The van der Waals surface area contributed by atoms with E-state index in [1.807, 2.05) is 31.3 Å². The topological polar surface area (TPSA) is 80.8 Å². The molecule has 2 atom stereocenters. The molecule has 3 heterocycles. The van der Waals surface area contributed by atoms with Crippen molar-refractivity contribution >= 4 is 46.4 Å². The summed E-state index contributed by atoms with van der Waals surface area (Å²) in [6, 6.07) is 10.6. The number of nitrogens with zero attached hydrogens (tertiary/aromatic N) is 4. The Morgan fingerprint density at radius 2 is 1.88 bits per heavy atom. The number of likely N-dealkylation sites (N-methyl/N-ethyl adjacent to an activating group) is 1. The number of benzene rings is 1. The van der Waals surface area contributed by atoms with Crippen molar-refractivity contribution in [2.75, 3.05) is 55.8 Å². The van der Waals surface area contributed by atoms with Gasteiger partial charge in [0.1, 0.15) is 11.6 Å². The molecule has 2 aliphatic carbocycles. The Labute approximate surface area is 255 Å². The van der Waals surface area contributed by atoms with Crippen molar-refractivity contribution in [3.8, 4) is 0 Å². The predicted octanol–water partition coefficient (Wildman–Crippen LogP) is 6.10. The van der Waals surface area contributed by atoms with Crippen LogP contribution in [0.1, 0.15) is 63.7 Å². The summed E-state index contributed by atoms with van der Waals surface area (Å²) in [7, 11) is 3.77. The van der Waals surface area contributed by atoms with Gasteiger partial charge in [-0.25, -0.2) is 9.37 Å². The highest BCUT2D eigenvalue weighted by Gasteiger charge is 2.39. The van der Waals surface area contributed by atoms with E-state index in [9.17, 15) is 14.0 Å². The lowest BCUT2D eigenvalue weighted by Gasteiger charge is -2.33. The maximum Gasteiger partial charge on any atom is 0.265 e. The van der Waals surface area contributed by atoms with E-state index in [-0.39, 0.29) is 11.6 Å². The van der Waals surface area contributed by atoms with E-state index in [4.69, 9.17) is 0 Å². The lowest BCUT2D eigenvalue weighted by Crippen LogP contribution is -2.44. The smallest absolute Gasteiger partial charge is 0.265 e. The number of aromatic nitrogens is 1. The van der Waals surface area contributed by atoms with Gasteiger partial charge in [-0.15, -0.1) is 11.3 Å². The highest BCUT2D eigenvalue weighted by molar-refractivity contribution is 7.14. The summed E-state index contributed by atoms with van der Waals surface area (Å²) in [5, 5.41) is 6.10. The molecule has 1 aliphatic heterocycles. The molecule has 1 saturated carbocycles. The summed E-state index contributed by atoms with van der Waals surface area (Å²) in [5.41, 5.74) is 4.59. The van der Waals surface area contributed by atoms with Crippen LogP contribution in [0.2, 0.25) is 0 Å². The monoisotopic (exact) mass is 600 g/mol. The largest absolute Gasteiger partial charge is 0.368 e. The summed E-state index contributed by atoms with van der Waals surface area (Å²) in [6.45, 7) is 5.90. The number of halogens is 1. The van der Waals surface area contributed by atoms with Crippen LogP contribution in [0.5, 0.6) is 0 Å². The molecule has 3 aliphatic rings. The molecule has 2 N–H and O–H groups in total. The number of piperazine rings is 1. The molecular weight excluding hydrogens is 563 g/mol. The minimum Gasteiger partial charge on any atom is -0.368 e. The number of fused-ring (bicyclic) bond motifs is 5. The van der Waals surface area contributed by atoms with Gasteiger partial charge in [-0.05, 0) is 98.2 Å². The Morgan fingerprint density at radius 3 is 2.60 bits per heavy atom. The molecule has 2 fully saturated rings. The van der Waals surface area contributed by atoms with Crippen LogP contribution in [0.25, 0.3) is 5.57 Å². The number of anilines is 3.